The molecular weight excluding hydrogens is 284 g/mol. The second-order valence-corrected chi connectivity index (χ2v) is 7.45. The molecule has 0 fully saturated rings. The van der Waals surface area contributed by atoms with Crippen LogP contribution in [0.4, 0.5) is 0 Å². The topological polar surface area (TPSA) is 42.7 Å². The maximum absolute atomic E-state index is 4.34. The molecule has 1 heterocycles. The average Bonchev–Trinajstić information content (AvgIpc) is 2.83. The molecule has 0 bridgehead atoms. The van der Waals surface area contributed by atoms with Gasteiger partial charge in [-0.3, -0.25) is 0 Å². The number of aromatic nitrogens is 3. The number of nitrogens with one attached hydrogen (secondary N) is 1. The minimum absolute atomic E-state index is 0.352. The molecule has 1 aliphatic rings. The van der Waals surface area contributed by atoms with Crippen molar-refractivity contribution in [2.75, 3.05) is 0 Å². The minimum atomic E-state index is 0.352. The van der Waals surface area contributed by atoms with Gasteiger partial charge in [-0.2, -0.15) is 0 Å². The predicted octanol–water partition coefficient (Wildman–Crippen LogP) is 3.57. The van der Waals surface area contributed by atoms with E-state index in [2.05, 4.69) is 72.2 Å². The summed E-state index contributed by atoms with van der Waals surface area (Å²) >= 11 is 0. The molecule has 0 saturated carbocycles. The Morgan fingerprint density at radius 2 is 1.96 bits per heavy atom. The summed E-state index contributed by atoms with van der Waals surface area (Å²) in [5.74, 6) is 2.06. The first-order valence-corrected chi connectivity index (χ1v) is 8.68. The molecule has 1 aromatic carbocycles. The molecule has 1 atom stereocenters. The van der Waals surface area contributed by atoms with Crippen LogP contribution in [0.25, 0.3) is 0 Å². The van der Waals surface area contributed by atoms with E-state index in [1.807, 2.05) is 0 Å². The maximum Gasteiger partial charge on any atom is 0.146 e. The first-order chi connectivity index (χ1) is 11.0. The fourth-order valence-electron chi connectivity index (χ4n) is 3.60. The largest absolute Gasteiger partial charge is 0.317 e. The Labute approximate surface area is 139 Å². The highest BCUT2D eigenvalue weighted by atomic mass is 15.3. The van der Waals surface area contributed by atoms with Gasteiger partial charge in [-0.15, -0.1) is 10.2 Å². The molecule has 0 aliphatic heterocycles. The summed E-state index contributed by atoms with van der Waals surface area (Å²) < 4.78 is 2.11. The van der Waals surface area contributed by atoms with Gasteiger partial charge < -0.3 is 9.88 Å². The second kappa shape index (κ2) is 6.44. The van der Waals surface area contributed by atoms with Crippen molar-refractivity contribution >= 4 is 0 Å². The van der Waals surface area contributed by atoms with Gasteiger partial charge in [0, 0.05) is 19.5 Å². The first-order valence-electron chi connectivity index (χ1n) is 8.68. The molecule has 1 N–H and O–H groups in total. The molecule has 4 nitrogen and oxygen atoms in total. The summed E-state index contributed by atoms with van der Waals surface area (Å²) in [4.78, 5) is 0. The number of fused-ring (bicyclic) bond motifs is 1. The van der Waals surface area contributed by atoms with E-state index in [0.717, 1.165) is 31.0 Å². The number of benzene rings is 1. The van der Waals surface area contributed by atoms with Crippen LogP contribution in [0.15, 0.2) is 24.3 Å². The highest BCUT2D eigenvalue weighted by molar-refractivity contribution is 5.31. The van der Waals surface area contributed by atoms with E-state index in [1.165, 1.54) is 24.0 Å². The van der Waals surface area contributed by atoms with E-state index in [4.69, 9.17) is 0 Å². The fourth-order valence-corrected chi connectivity index (χ4v) is 3.60. The van der Waals surface area contributed by atoms with Crippen LogP contribution >= 0.6 is 0 Å². The van der Waals surface area contributed by atoms with Gasteiger partial charge in [0.1, 0.15) is 11.6 Å². The van der Waals surface area contributed by atoms with Gasteiger partial charge in [-0.25, -0.2) is 0 Å². The Kier molecular flexibility index (Phi) is 4.53. The van der Waals surface area contributed by atoms with Gasteiger partial charge >= 0.3 is 0 Å². The molecule has 0 saturated heterocycles. The third kappa shape index (κ3) is 3.47. The lowest BCUT2D eigenvalue weighted by Crippen LogP contribution is -2.26. The van der Waals surface area contributed by atoms with E-state index in [0.29, 0.717) is 11.5 Å². The lowest BCUT2D eigenvalue weighted by atomic mass is 9.83. The van der Waals surface area contributed by atoms with Crippen molar-refractivity contribution in [3.05, 3.63) is 47.0 Å². The summed E-state index contributed by atoms with van der Waals surface area (Å²) in [7, 11) is 2.06. The fraction of sp³-hybridized carbons (Fsp3) is 0.579. The highest BCUT2D eigenvalue weighted by Gasteiger charge is 2.29. The standard InChI is InChI=1S/C19H28N4/c1-5-17-21-22-18(23(17)4)13-20-16-12-19(2,3)11-10-14-8-6-7-9-15(14)16/h6-9,16,20H,5,10-13H2,1-4H3/t16-/m1/s1. The van der Waals surface area contributed by atoms with E-state index < -0.39 is 0 Å². The Hall–Kier alpha value is -1.68. The van der Waals surface area contributed by atoms with Gasteiger partial charge in [0.05, 0.1) is 6.54 Å². The zero-order chi connectivity index (χ0) is 16.4. The molecule has 1 aromatic heterocycles. The third-order valence-corrected chi connectivity index (χ3v) is 5.14. The molecule has 0 amide bonds. The molecule has 1 aliphatic carbocycles. The first kappa shape index (κ1) is 16.2. The number of nitrogens with zero attached hydrogens (tertiary/aromatic N) is 3. The van der Waals surface area contributed by atoms with Crippen molar-refractivity contribution in [2.24, 2.45) is 12.5 Å². The smallest absolute Gasteiger partial charge is 0.146 e. The van der Waals surface area contributed by atoms with Gasteiger partial charge in [-0.1, -0.05) is 45.0 Å². The lowest BCUT2D eigenvalue weighted by Gasteiger charge is -2.27. The number of rotatable bonds is 4. The van der Waals surface area contributed by atoms with Crippen LogP contribution in [-0.4, -0.2) is 14.8 Å². The average molecular weight is 312 g/mol. The molecule has 124 valence electrons. The van der Waals surface area contributed by atoms with E-state index in [1.54, 1.807) is 0 Å². The van der Waals surface area contributed by atoms with Crippen molar-refractivity contribution in [3.63, 3.8) is 0 Å². The van der Waals surface area contributed by atoms with E-state index in [9.17, 15) is 0 Å². The molecule has 0 spiro atoms. The molecule has 0 radical (unpaired) electrons. The van der Waals surface area contributed by atoms with E-state index in [-0.39, 0.29) is 0 Å². The number of aryl methyl sites for hydroxylation is 2. The summed E-state index contributed by atoms with van der Waals surface area (Å²) in [5.41, 5.74) is 3.30. The zero-order valence-electron chi connectivity index (χ0n) is 14.8. The van der Waals surface area contributed by atoms with Crippen molar-refractivity contribution in [3.8, 4) is 0 Å². The van der Waals surface area contributed by atoms with Crippen molar-refractivity contribution in [1.29, 1.82) is 0 Å². The van der Waals surface area contributed by atoms with Gasteiger partial charge in [-0.05, 0) is 35.8 Å². The number of hydrogen-bond donors (Lipinski definition) is 1. The second-order valence-electron chi connectivity index (χ2n) is 7.45. The maximum atomic E-state index is 4.34. The van der Waals surface area contributed by atoms with Crippen LogP contribution in [-0.2, 0) is 26.4 Å². The Morgan fingerprint density at radius 1 is 1.22 bits per heavy atom. The Morgan fingerprint density at radius 3 is 2.70 bits per heavy atom. The number of hydrogen-bond acceptors (Lipinski definition) is 3. The van der Waals surface area contributed by atoms with Crippen molar-refractivity contribution in [2.45, 2.75) is 59.0 Å². The van der Waals surface area contributed by atoms with Crippen molar-refractivity contribution < 1.29 is 0 Å². The van der Waals surface area contributed by atoms with Gasteiger partial charge in [0.2, 0.25) is 0 Å². The molecule has 0 unspecified atom stereocenters. The van der Waals surface area contributed by atoms with Crippen LogP contribution in [0.2, 0.25) is 0 Å². The monoisotopic (exact) mass is 312 g/mol. The molecule has 4 heteroatoms. The van der Waals surface area contributed by atoms with Crippen LogP contribution in [0.3, 0.4) is 0 Å². The predicted molar refractivity (Wildman–Crippen MR) is 93.1 cm³/mol. The summed E-state index contributed by atoms with van der Waals surface area (Å²) in [6.07, 6.45) is 4.49. The minimum Gasteiger partial charge on any atom is -0.317 e. The normalized spacial score (nSPS) is 20.1. The SMILES string of the molecule is CCc1nnc(CN[C@@H]2CC(C)(C)CCc3ccccc32)n1C. The quantitative estimate of drug-likeness (QED) is 0.878. The highest BCUT2D eigenvalue weighted by Crippen LogP contribution is 2.39. The molecular formula is C19H28N4. The molecule has 3 rings (SSSR count). The van der Waals surface area contributed by atoms with Crippen LogP contribution < -0.4 is 5.32 Å². The Bertz CT molecular complexity index is 672. The zero-order valence-corrected chi connectivity index (χ0v) is 14.8. The van der Waals surface area contributed by atoms with E-state index >= 15 is 0 Å². The van der Waals surface area contributed by atoms with Crippen LogP contribution in [0, 0.1) is 5.41 Å². The Balaban J connectivity index is 1.80. The van der Waals surface area contributed by atoms with Crippen LogP contribution in [0.1, 0.15) is 62.4 Å². The van der Waals surface area contributed by atoms with Gasteiger partial charge in [0.25, 0.3) is 0 Å². The summed E-state index contributed by atoms with van der Waals surface area (Å²) in [5, 5.41) is 12.3. The van der Waals surface area contributed by atoms with Crippen LogP contribution in [0.5, 0.6) is 0 Å². The van der Waals surface area contributed by atoms with Crippen molar-refractivity contribution in [1.82, 2.24) is 20.1 Å². The molecule has 23 heavy (non-hydrogen) atoms. The summed E-state index contributed by atoms with van der Waals surface area (Å²) in [6.45, 7) is 7.64. The van der Waals surface area contributed by atoms with Gasteiger partial charge in [0.15, 0.2) is 0 Å². The summed E-state index contributed by atoms with van der Waals surface area (Å²) in [6, 6.07) is 9.25. The third-order valence-electron chi connectivity index (χ3n) is 5.14. The molecule has 2 aromatic rings. The lowest BCUT2D eigenvalue weighted by molar-refractivity contribution is 0.271.